The van der Waals surface area contributed by atoms with Gasteiger partial charge in [-0.1, -0.05) is 34.6 Å². The van der Waals surface area contributed by atoms with Crippen LogP contribution >= 0.6 is 0 Å². The number of nitrogens with zero attached hydrogens (tertiary/aromatic N) is 1. The molecule has 1 saturated carbocycles. The monoisotopic (exact) mass is 420 g/mol. The van der Waals surface area contributed by atoms with E-state index in [1.807, 2.05) is 34.6 Å². The molecule has 0 heterocycles. The Morgan fingerprint density at radius 1 is 1.21 bits per heavy atom. The summed E-state index contributed by atoms with van der Waals surface area (Å²) in [5, 5.41) is 0. The molecule has 1 unspecified atom stereocenters. The average Bonchev–Trinajstić information content (AvgIpc) is 3.13. The Balaban J connectivity index is 3.01. The topological polar surface area (TPSA) is 98.9 Å². The summed E-state index contributed by atoms with van der Waals surface area (Å²) in [5.74, 6) is -0.173. The molecule has 1 rings (SSSR count). The van der Waals surface area contributed by atoms with Gasteiger partial charge < -0.3 is 15.2 Å². The summed E-state index contributed by atoms with van der Waals surface area (Å²) in [6, 6.07) is -0.907. The molecule has 4 atom stereocenters. The Labute approximate surface area is 171 Å². The van der Waals surface area contributed by atoms with Crippen molar-refractivity contribution in [2.24, 2.45) is 17.1 Å². The fourth-order valence-electron chi connectivity index (χ4n) is 3.04. The van der Waals surface area contributed by atoms with Gasteiger partial charge in [-0.3, -0.25) is 4.79 Å². The van der Waals surface area contributed by atoms with Crippen LogP contribution in [0.1, 0.15) is 68.2 Å². The van der Waals surface area contributed by atoms with E-state index in [4.69, 9.17) is 15.2 Å². The van der Waals surface area contributed by atoms with E-state index in [0.29, 0.717) is 12.8 Å². The summed E-state index contributed by atoms with van der Waals surface area (Å²) in [6.07, 6.45) is 1.56. The minimum Gasteiger partial charge on any atom is -0.458 e. The second kappa shape index (κ2) is 8.98. The van der Waals surface area contributed by atoms with Gasteiger partial charge in [0.1, 0.15) is 17.7 Å². The molecule has 1 fully saturated rings. The van der Waals surface area contributed by atoms with Crippen molar-refractivity contribution in [3.63, 3.8) is 0 Å². The molecule has 8 heteroatoms. The lowest BCUT2D eigenvalue weighted by atomic mass is 9.90. The van der Waals surface area contributed by atoms with Crippen molar-refractivity contribution in [1.82, 2.24) is 4.31 Å². The molecule has 0 saturated heterocycles. The number of esters is 1. The number of hydrogen-bond donors (Lipinski definition) is 1. The first-order chi connectivity index (χ1) is 12.5. The number of carbonyl (C=O) groups excluding carboxylic acids is 1. The maximum Gasteiger partial charge on any atom is 0.323 e. The van der Waals surface area contributed by atoms with E-state index in [0.717, 1.165) is 0 Å². The Bertz CT molecular complexity index is 641. The first-order valence-electron chi connectivity index (χ1n) is 10.1. The van der Waals surface area contributed by atoms with Gasteiger partial charge in [-0.15, -0.1) is 0 Å². The normalized spacial score (nSPS) is 25.2. The molecule has 1 aliphatic carbocycles. The molecule has 28 heavy (non-hydrogen) atoms. The van der Waals surface area contributed by atoms with Crippen molar-refractivity contribution in [2.75, 3.05) is 12.8 Å². The molecule has 0 aliphatic heterocycles. The predicted octanol–water partition coefficient (Wildman–Crippen LogP) is 2.54. The zero-order chi connectivity index (χ0) is 22.1. The second-order valence-corrected chi connectivity index (χ2v) is 11.9. The highest BCUT2D eigenvalue weighted by molar-refractivity contribution is 7.88. The van der Waals surface area contributed by atoms with Crippen LogP contribution in [0.2, 0.25) is 0 Å². The van der Waals surface area contributed by atoms with Crippen molar-refractivity contribution in [2.45, 2.75) is 98.1 Å². The van der Waals surface area contributed by atoms with Crippen LogP contribution in [0.4, 0.5) is 0 Å². The Hall–Kier alpha value is -0.700. The highest BCUT2D eigenvalue weighted by Gasteiger charge is 2.62. The van der Waals surface area contributed by atoms with Gasteiger partial charge in [0.05, 0.1) is 12.4 Å². The van der Waals surface area contributed by atoms with Crippen LogP contribution in [-0.2, 0) is 24.3 Å². The first kappa shape index (κ1) is 25.3. The third kappa shape index (κ3) is 6.97. The highest BCUT2D eigenvalue weighted by atomic mass is 32.2. The summed E-state index contributed by atoms with van der Waals surface area (Å²) in [7, 11) is -3.42. The Morgan fingerprint density at radius 2 is 1.75 bits per heavy atom. The molecule has 0 radical (unpaired) electrons. The van der Waals surface area contributed by atoms with Crippen LogP contribution in [0.3, 0.4) is 0 Å². The van der Waals surface area contributed by atoms with Crippen LogP contribution in [0.25, 0.3) is 0 Å². The van der Waals surface area contributed by atoms with Gasteiger partial charge in [-0.25, -0.2) is 8.42 Å². The average molecular weight is 421 g/mol. The van der Waals surface area contributed by atoms with Crippen molar-refractivity contribution in [3.8, 4) is 0 Å². The van der Waals surface area contributed by atoms with Gasteiger partial charge in [0.25, 0.3) is 0 Å². The number of ether oxygens (including phenoxy) is 2. The molecule has 166 valence electrons. The fourth-order valence-corrected chi connectivity index (χ4v) is 4.26. The van der Waals surface area contributed by atoms with Crippen molar-refractivity contribution in [1.29, 1.82) is 0 Å². The van der Waals surface area contributed by atoms with E-state index >= 15 is 0 Å². The predicted molar refractivity (Wildman–Crippen MR) is 111 cm³/mol. The molecule has 0 aromatic carbocycles. The summed E-state index contributed by atoms with van der Waals surface area (Å²) in [4.78, 5) is 12.4. The number of rotatable bonds is 10. The van der Waals surface area contributed by atoms with Gasteiger partial charge in [-0.05, 0) is 38.5 Å². The molecule has 2 N–H and O–H groups in total. The molecule has 1 aliphatic rings. The summed E-state index contributed by atoms with van der Waals surface area (Å²) < 4.78 is 37.9. The van der Waals surface area contributed by atoms with E-state index in [-0.39, 0.29) is 30.0 Å². The lowest BCUT2D eigenvalue weighted by molar-refractivity contribution is -0.154. The van der Waals surface area contributed by atoms with Crippen LogP contribution in [-0.4, -0.2) is 61.4 Å². The zero-order valence-corrected chi connectivity index (χ0v) is 19.8. The number of carbonyl (C=O) groups is 1. The van der Waals surface area contributed by atoms with Crippen LogP contribution < -0.4 is 5.73 Å². The van der Waals surface area contributed by atoms with Gasteiger partial charge in [0.15, 0.2) is 0 Å². The van der Waals surface area contributed by atoms with E-state index in [2.05, 4.69) is 20.8 Å². The molecule has 0 bridgehead atoms. The van der Waals surface area contributed by atoms with E-state index in [1.165, 1.54) is 10.6 Å². The fraction of sp³-hybridized carbons (Fsp3) is 0.950. The SMILES string of the molecule is CC(C)C[C@H](N)C(=O)O[C@@H]1CC1(CN(C(C)C)S(C)(=O)=O)O[C@@H](C)C(C)(C)C. The molecule has 7 nitrogen and oxygen atoms in total. The van der Waals surface area contributed by atoms with Gasteiger partial charge in [-0.2, -0.15) is 4.31 Å². The van der Waals surface area contributed by atoms with E-state index in [9.17, 15) is 13.2 Å². The van der Waals surface area contributed by atoms with E-state index < -0.39 is 33.7 Å². The number of sulfonamides is 1. The van der Waals surface area contributed by atoms with Crippen LogP contribution in [0.15, 0.2) is 0 Å². The number of nitrogens with two attached hydrogens (primary N) is 1. The van der Waals surface area contributed by atoms with Crippen molar-refractivity contribution in [3.05, 3.63) is 0 Å². The smallest absolute Gasteiger partial charge is 0.323 e. The number of hydrogen-bond acceptors (Lipinski definition) is 6. The quantitative estimate of drug-likeness (QED) is 0.545. The minimum atomic E-state index is -3.42. The zero-order valence-electron chi connectivity index (χ0n) is 19.0. The molecule has 0 aromatic heterocycles. The largest absolute Gasteiger partial charge is 0.458 e. The highest BCUT2D eigenvalue weighted by Crippen LogP contribution is 2.47. The third-order valence-corrected chi connectivity index (χ3v) is 6.70. The third-order valence-electron chi connectivity index (χ3n) is 5.30. The lowest BCUT2D eigenvalue weighted by Crippen LogP contribution is -2.47. The van der Waals surface area contributed by atoms with Crippen LogP contribution in [0, 0.1) is 11.3 Å². The van der Waals surface area contributed by atoms with Gasteiger partial charge in [0, 0.05) is 19.0 Å². The van der Waals surface area contributed by atoms with Crippen LogP contribution in [0.5, 0.6) is 0 Å². The summed E-state index contributed by atoms with van der Waals surface area (Å²) in [6.45, 7) is 15.9. The standard InChI is InChI=1S/C20H40N2O5S/c1-13(2)10-16(21)18(23)26-17-11-20(17,27-15(5)19(6,7)8)12-22(14(3)4)28(9,24)25/h13-17H,10-12,21H2,1-9H3/t15-,16-,17+,20?/m0/s1. The summed E-state index contributed by atoms with van der Waals surface area (Å²) >= 11 is 0. The molecular formula is C20H40N2O5S. The Morgan fingerprint density at radius 3 is 2.14 bits per heavy atom. The van der Waals surface area contributed by atoms with Crippen molar-refractivity contribution < 1.29 is 22.7 Å². The van der Waals surface area contributed by atoms with Gasteiger partial charge >= 0.3 is 5.97 Å². The lowest BCUT2D eigenvalue weighted by Gasteiger charge is -2.35. The molecule has 0 amide bonds. The molecule has 0 spiro atoms. The maximum absolute atomic E-state index is 12.4. The Kier molecular flexibility index (Phi) is 8.12. The summed E-state index contributed by atoms with van der Waals surface area (Å²) in [5.41, 5.74) is 4.98. The maximum atomic E-state index is 12.4. The van der Waals surface area contributed by atoms with E-state index in [1.54, 1.807) is 0 Å². The first-order valence-corrected chi connectivity index (χ1v) is 11.9. The van der Waals surface area contributed by atoms with Gasteiger partial charge in [0.2, 0.25) is 10.0 Å². The van der Waals surface area contributed by atoms with Crippen molar-refractivity contribution >= 4 is 16.0 Å². The second-order valence-electron chi connectivity index (χ2n) is 9.96. The molecular weight excluding hydrogens is 380 g/mol. The molecule has 0 aromatic rings. The minimum absolute atomic E-state index is 0.133.